The largest absolute Gasteiger partial charge is 0.351 e. The number of likely N-dealkylation sites (tertiary alicyclic amines) is 1. The topological polar surface area (TPSA) is 48.1 Å². The van der Waals surface area contributed by atoms with Gasteiger partial charge in [-0.25, -0.2) is 4.39 Å². The number of carbonyl (C=O) groups is 1. The number of nitrogens with zero attached hydrogens (tertiary/aromatic N) is 1. The maximum Gasteiger partial charge on any atom is 0.270 e. The number of amides is 1. The Balaban J connectivity index is 1.54. The van der Waals surface area contributed by atoms with Gasteiger partial charge in [-0.15, -0.1) is 0 Å². The van der Waals surface area contributed by atoms with Crippen LogP contribution in [0.5, 0.6) is 0 Å². The summed E-state index contributed by atoms with van der Waals surface area (Å²) in [6, 6.07) is 16.4. The summed E-state index contributed by atoms with van der Waals surface area (Å²) in [5, 5.41) is 4.45. The number of carbonyl (C=O) groups excluding carboxylic acids is 1. The Morgan fingerprint density at radius 1 is 1.08 bits per heavy atom. The lowest BCUT2D eigenvalue weighted by Crippen LogP contribution is -2.34. The van der Waals surface area contributed by atoms with Crippen LogP contribution in [0.25, 0.3) is 10.9 Å². The molecule has 3 aromatic rings. The smallest absolute Gasteiger partial charge is 0.270 e. The van der Waals surface area contributed by atoms with Crippen molar-refractivity contribution in [3.63, 3.8) is 0 Å². The van der Waals surface area contributed by atoms with Crippen LogP contribution in [0.1, 0.15) is 22.1 Å². The van der Waals surface area contributed by atoms with Crippen molar-refractivity contribution < 1.29 is 9.18 Å². The Morgan fingerprint density at radius 3 is 2.81 bits per heavy atom. The van der Waals surface area contributed by atoms with Crippen LogP contribution in [0.3, 0.4) is 0 Å². The standard InChI is InChI=1S/C21H20FN3O/c22-16-6-3-5-14(8-16)20-17-11-23-10-15(17)12-25(20)21(26)19-9-13-4-1-2-7-18(13)24-19/h1-9,15,17,20,23-24H,10-12H2/t15-,17-,20-/m0/s1. The Bertz CT molecular complexity index is 949. The van der Waals surface area contributed by atoms with Gasteiger partial charge in [0.2, 0.25) is 0 Å². The lowest BCUT2D eigenvalue weighted by molar-refractivity contribution is 0.0708. The van der Waals surface area contributed by atoms with Gasteiger partial charge in [-0.3, -0.25) is 4.79 Å². The van der Waals surface area contributed by atoms with E-state index in [-0.39, 0.29) is 17.8 Å². The average Bonchev–Trinajstić information content (AvgIpc) is 3.34. The number of benzene rings is 2. The number of aromatic amines is 1. The Kier molecular flexibility index (Phi) is 3.57. The molecule has 0 bridgehead atoms. The van der Waals surface area contributed by atoms with Crippen LogP contribution in [-0.4, -0.2) is 35.4 Å². The molecule has 2 saturated heterocycles. The highest BCUT2D eigenvalue weighted by Gasteiger charge is 2.47. The molecule has 3 heterocycles. The molecule has 0 unspecified atom stereocenters. The van der Waals surface area contributed by atoms with Crippen molar-refractivity contribution in [2.45, 2.75) is 6.04 Å². The zero-order chi connectivity index (χ0) is 17.7. The van der Waals surface area contributed by atoms with Gasteiger partial charge in [0.15, 0.2) is 0 Å². The molecular formula is C21H20FN3O. The molecule has 2 aromatic carbocycles. The summed E-state index contributed by atoms with van der Waals surface area (Å²) in [6.45, 7) is 2.47. The second-order valence-electron chi connectivity index (χ2n) is 7.31. The van der Waals surface area contributed by atoms with Crippen LogP contribution in [-0.2, 0) is 0 Å². The first-order chi connectivity index (χ1) is 12.7. The molecule has 0 saturated carbocycles. The highest BCUT2D eigenvalue weighted by atomic mass is 19.1. The quantitative estimate of drug-likeness (QED) is 0.745. The van der Waals surface area contributed by atoms with Crippen LogP contribution < -0.4 is 5.32 Å². The van der Waals surface area contributed by atoms with Crippen molar-refractivity contribution >= 4 is 16.8 Å². The predicted molar refractivity (Wildman–Crippen MR) is 98.3 cm³/mol. The summed E-state index contributed by atoms with van der Waals surface area (Å²) in [4.78, 5) is 18.5. The van der Waals surface area contributed by atoms with E-state index in [0.29, 0.717) is 24.1 Å². The number of hydrogen-bond donors (Lipinski definition) is 2. The molecule has 4 nitrogen and oxygen atoms in total. The Morgan fingerprint density at radius 2 is 1.96 bits per heavy atom. The van der Waals surface area contributed by atoms with Crippen LogP contribution in [0.2, 0.25) is 0 Å². The summed E-state index contributed by atoms with van der Waals surface area (Å²) < 4.78 is 13.8. The van der Waals surface area contributed by atoms with E-state index < -0.39 is 0 Å². The molecule has 0 radical (unpaired) electrons. The number of fused-ring (bicyclic) bond motifs is 2. The fourth-order valence-electron chi connectivity index (χ4n) is 4.59. The number of hydrogen-bond acceptors (Lipinski definition) is 2. The van der Waals surface area contributed by atoms with E-state index in [4.69, 9.17) is 0 Å². The lowest BCUT2D eigenvalue weighted by atomic mass is 9.89. The Labute approximate surface area is 151 Å². The molecule has 5 rings (SSSR count). The molecule has 2 aliphatic heterocycles. The number of rotatable bonds is 2. The van der Waals surface area contributed by atoms with Crippen LogP contribution in [0, 0.1) is 17.7 Å². The first-order valence-corrected chi connectivity index (χ1v) is 9.05. The van der Waals surface area contributed by atoms with Gasteiger partial charge < -0.3 is 15.2 Å². The molecule has 2 N–H and O–H groups in total. The fourth-order valence-corrected chi connectivity index (χ4v) is 4.59. The number of H-pyrrole nitrogens is 1. The number of halogens is 1. The minimum atomic E-state index is -0.255. The monoisotopic (exact) mass is 349 g/mol. The predicted octanol–water partition coefficient (Wildman–Crippen LogP) is 3.34. The zero-order valence-electron chi connectivity index (χ0n) is 14.3. The van der Waals surface area contributed by atoms with E-state index in [2.05, 4.69) is 10.3 Å². The third-order valence-electron chi connectivity index (χ3n) is 5.78. The molecule has 26 heavy (non-hydrogen) atoms. The number of nitrogens with one attached hydrogen (secondary N) is 2. The average molecular weight is 349 g/mol. The van der Waals surface area contributed by atoms with Crippen molar-refractivity contribution in [2.75, 3.05) is 19.6 Å². The Hall–Kier alpha value is -2.66. The van der Waals surface area contributed by atoms with Crippen LogP contribution in [0.15, 0.2) is 54.6 Å². The third kappa shape index (κ3) is 2.42. The highest BCUT2D eigenvalue weighted by molar-refractivity contribution is 5.98. The van der Waals surface area contributed by atoms with E-state index in [1.165, 1.54) is 6.07 Å². The summed E-state index contributed by atoms with van der Waals surface area (Å²) in [6.07, 6.45) is 0. The first-order valence-electron chi connectivity index (χ1n) is 9.05. The molecule has 132 valence electrons. The molecule has 1 amide bonds. The molecule has 5 heteroatoms. The van der Waals surface area contributed by atoms with Crippen LogP contribution >= 0.6 is 0 Å². The van der Waals surface area contributed by atoms with E-state index in [1.54, 1.807) is 12.1 Å². The maximum absolute atomic E-state index is 13.8. The van der Waals surface area contributed by atoms with Gasteiger partial charge in [-0.05, 0) is 35.7 Å². The van der Waals surface area contributed by atoms with E-state index in [9.17, 15) is 9.18 Å². The molecule has 1 aromatic heterocycles. The first kappa shape index (κ1) is 15.6. The molecule has 2 aliphatic rings. The van der Waals surface area contributed by atoms with Crippen molar-refractivity contribution in [3.05, 3.63) is 71.7 Å². The molecule has 0 spiro atoms. The van der Waals surface area contributed by atoms with Gasteiger partial charge in [0.1, 0.15) is 11.5 Å². The number of para-hydroxylation sites is 1. The molecule has 3 atom stereocenters. The molecule has 2 fully saturated rings. The van der Waals surface area contributed by atoms with Gasteiger partial charge in [0.05, 0.1) is 6.04 Å². The molecular weight excluding hydrogens is 329 g/mol. The van der Waals surface area contributed by atoms with Gasteiger partial charge in [0, 0.05) is 36.5 Å². The highest BCUT2D eigenvalue weighted by Crippen LogP contribution is 2.43. The second kappa shape index (κ2) is 5.95. The minimum absolute atomic E-state index is 0.00939. The van der Waals surface area contributed by atoms with Gasteiger partial charge in [-0.1, -0.05) is 30.3 Å². The normalized spacial score (nSPS) is 25.0. The van der Waals surface area contributed by atoms with E-state index >= 15 is 0 Å². The lowest BCUT2D eigenvalue weighted by Gasteiger charge is -2.28. The summed E-state index contributed by atoms with van der Waals surface area (Å²) in [7, 11) is 0. The SMILES string of the molecule is O=C(c1cc2ccccc2[nH]1)N1C[C@@H]2CNC[C@@H]2[C@@H]1c1cccc(F)c1. The van der Waals surface area contributed by atoms with Gasteiger partial charge >= 0.3 is 0 Å². The van der Waals surface area contributed by atoms with Crippen LogP contribution in [0.4, 0.5) is 4.39 Å². The summed E-state index contributed by atoms with van der Waals surface area (Å²) in [5.74, 6) is 0.474. The maximum atomic E-state index is 13.8. The summed E-state index contributed by atoms with van der Waals surface area (Å²) in [5.41, 5.74) is 2.44. The van der Waals surface area contributed by atoms with Crippen molar-refractivity contribution in [2.24, 2.45) is 11.8 Å². The van der Waals surface area contributed by atoms with Gasteiger partial charge in [0.25, 0.3) is 5.91 Å². The zero-order valence-corrected chi connectivity index (χ0v) is 14.3. The molecule has 0 aliphatic carbocycles. The number of aromatic nitrogens is 1. The van der Waals surface area contributed by atoms with E-state index in [1.807, 2.05) is 41.3 Å². The second-order valence-corrected chi connectivity index (χ2v) is 7.31. The van der Waals surface area contributed by atoms with Crippen molar-refractivity contribution in [1.29, 1.82) is 0 Å². The summed E-state index contributed by atoms with van der Waals surface area (Å²) >= 11 is 0. The third-order valence-corrected chi connectivity index (χ3v) is 5.78. The van der Waals surface area contributed by atoms with Crippen molar-refractivity contribution in [1.82, 2.24) is 15.2 Å². The fraction of sp³-hybridized carbons (Fsp3) is 0.286. The van der Waals surface area contributed by atoms with Crippen molar-refractivity contribution in [3.8, 4) is 0 Å². The van der Waals surface area contributed by atoms with Gasteiger partial charge in [-0.2, -0.15) is 0 Å². The minimum Gasteiger partial charge on any atom is -0.351 e. The van der Waals surface area contributed by atoms with E-state index in [0.717, 1.165) is 29.6 Å².